The van der Waals surface area contributed by atoms with Crippen LogP contribution < -0.4 is 10.6 Å². The molecule has 0 radical (unpaired) electrons. The van der Waals surface area contributed by atoms with Crippen molar-refractivity contribution in [3.05, 3.63) is 70.1 Å². The van der Waals surface area contributed by atoms with E-state index in [0.717, 1.165) is 28.0 Å². The monoisotopic (exact) mass is 450 g/mol. The molecule has 0 saturated carbocycles. The molecule has 168 valence electrons. The lowest BCUT2D eigenvalue weighted by atomic mass is 9.94. The van der Waals surface area contributed by atoms with Gasteiger partial charge in [-0.05, 0) is 56.4 Å². The number of ether oxygens (including phenoxy) is 1. The maximum Gasteiger partial charge on any atom is 0.341 e. The molecule has 6 heteroatoms. The zero-order valence-electron chi connectivity index (χ0n) is 19.2. The Morgan fingerprint density at radius 3 is 2.22 bits per heavy atom. The highest BCUT2D eigenvalue weighted by molar-refractivity contribution is 7.17. The van der Waals surface area contributed by atoms with E-state index in [-0.39, 0.29) is 6.61 Å². The van der Waals surface area contributed by atoms with Crippen LogP contribution in [0.15, 0.2) is 48.5 Å². The van der Waals surface area contributed by atoms with Crippen molar-refractivity contribution in [2.45, 2.75) is 47.0 Å². The van der Waals surface area contributed by atoms with E-state index in [1.54, 1.807) is 6.92 Å². The Balaban J connectivity index is 1.93. The maximum absolute atomic E-state index is 12.9. The lowest BCUT2D eigenvalue weighted by molar-refractivity contribution is 0.0529. The zero-order chi connectivity index (χ0) is 23.3. The lowest BCUT2D eigenvalue weighted by Crippen LogP contribution is -2.20. The van der Waals surface area contributed by atoms with Gasteiger partial charge >= 0.3 is 12.0 Å². The summed E-state index contributed by atoms with van der Waals surface area (Å²) in [5.74, 6) is 0.0309. The number of carbonyl (C=O) groups excluding carboxylic acids is 2. The number of hydrogen-bond donors (Lipinski definition) is 2. The van der Waals surface area contributed by atoms with E-state index in [2.05, 4.69) is 36.6 Å². The molecule has 1 atom stereocenters. The number of benzene rings is 2. The Kier molecular flexibility index (Phi) is 7.70. The van der Waals surface area contributed by atoms with E-state index in [1.807, 2.05) is 50.2 Å². The first kappa shape index (κ1) is 23.5. The fourth-order valence-corrected chi connectivity index (χ4v) is 4.55. The van der Waals surface area contributed by atoms with Crippen LogP contribution in [-0.2, 0) is 4.74 Å². The number of thiophene rings is 1. The van der Waals surface area contributed by atoms with Gasteiger partial charge in [0.2, 0.25) is 0 Å². The third-order valence-corrected chi connectivity index (χ3v) is 6.50. The van der Waals surface area contributed by atoms with Crippen molar-refractivity contribution in [1.29, 1.82) is 0 Å². The van der Waals surface area contributed by atoms with Gasteiger partial charge < -0.3 is 10.1 Å². The van der Waals surface area contributed by atoms with Crippen LogP contribution in [0.25, 0.3) is 11.1 Å². The van der Waals surface area contributed by atoms with Crippen LogP contribution >= 0.6 is 11.3 Å². The van der Waals surface area contributed by atoms with Gasteiger partial charge in [-0.2, -0.15) is 0 Å². The second-order valence-corrected chi connectivity index (χ2v) is 9.06. The highest BCUT2D eigenvalue weighted by Crippen LogP contribution is 2.41. The summed E-state index contributed by atoms with van der Waals surface area (Å²) in [7, 11) is 0. The third-order valence-electron chi connectivity index (χ3n) is 5.48. The topological polar surface area (TPSA) is 67.4 Å². The van der Waals surface area contributed by atoms with Crippen LogP contribution in [0.5, 0.6) is 0 Å². The molecule has 2 N–H and O–H groups in total. The summed E-state index contributed by atoms with van der Waals surface area (Å²) >= 11 is 1.37. The number of amides is 2. The number of carbonyl (C=O) groups is 2. The summed E-state index contributed by atoms with van der Waals surface area (Å²) in [5.41, 5.74) is 5.18. The number of aryl methyl sites for hydroxylation is 2. The molecule has 5 nitrogen and oxygen atoms in total. The molecule has 1 heterocycles. The summed E-state index contributed by atoms with van der Waals surface area (Å²) in [6.45, 7) is 10.3. The molecular formula is C26H30N2O3S. The molecule has 0 saturated heterocycles. The van der Waals surface area contributed by atoms with Gasteiger partial charge in [0.15, 0.2) is 0 Å². The van der Waals surface area contributed by atoms with Crippen molar-refractivity contribution in [3.8, 4) is 11.1 Å². The normalized spacial score (nSPS) is 11.7. The Morgan fingerprint density at radius 1 is 0.969 bits per heavy atom. The lowest BCUT2D eigenvalue weighted by Gasteiger charge is -2.12. The smallest absolute Gasteiger partial charge is 0.341 e. The van der Waals surface area contributed by atoms with Crippen LogP contribution in [0, 0.1) is 13.8 Å². The first-order valence-electron chi connectivity index (χ1n) is 10.9. The molecule has 0 spiro atoms. The van der Waals surface area contributed by atoms with Crippen LogP contribution in [-0.4, -0.2) is 18.6 Å². The van der Waals surface area contributed by atoms with Crippen molar-refractivity contribution in [2.75, 3.05) is 17.2 Å². The van der Waals surface area contributed by atoms with E-state index in [1.165, 1.54) is 16.9 Å². The van der Waals surface area contributed by atoms with E-state index < -0.39 is 12.0 Å². The molecule has 1 aromatic heterocycles. The molecule has 1 unspecified atom stereocenters. The number of rotatable bonds is 7. The molecule has 2 aromatic carbocycles. The largest absolute Gasteiger partial charge is 0.462 e. The van der Waals surface area contributed by atoms with Gasteiger partial charge in [0.05, 0.1) is 6.61 Å². The minimum absolute atomic E-state index is 0.259. The molecule has 0 aliphatic rings. The van der Waals surface area contributed by atoms with Crippen molar-refractivity contribution in [3.63, 3.8) is 0 Å². The molecule has 0 aliphatic heterocycles. The predicted molar refractivity (Wildman–Crippen MR) is 133 cm³/mol. The van der Waals surface area contributed by atoms with Crippen molar-refractivity contribution in [2.24, 2.45) is 0 Å². The second kappa shape index (κ2) is 10.5. The molecule has 0 fully saturated rings. The fourth-order valence-electron chi connectivity index (χ4n) is 3.49. The van der Waals surface area contributed by atoms with Gasteiger partial charge in [-0.1, -0.05) is 55.8 Å². The number of nitrogens with one attached hydrogen (secondary N) is 2. The summed E-state index contributed by atoms with van der Waals surface area (Å²) in [4.78, 5) is 26.5. The molecule has 0 bridgehead atoms. The van der Waals surface area contributed by atoms with Gasteiger partial charge in [-0.15, -0.1) is 11.3 Å². The number of hydrogen-bond acceptors (Lipinski definition) is 4. The fraction of sp³-hybridized carbons (Fsp3) is 0.308. The molecule has 3 aromatic rings. The van der Waals surface area contributed by atoms with Crippen LogP contribution in [0.4, 0.5) is 15.5 Å². The highest BCUT2D eigenvalue weighted by Gasteiger charge is 2.25. The Morgan fingerprint density at radius 2 is 1.62 bits per heavy atom. The standard InChI is InChI=1S/C26H30N2O3S/c1-6-17(4)19-10-12-20(13-11-19)22-18(5)32-24(23(22)25(29)31-7-2)28-26(30)27-21-14-8-16(3)9-15-21/h8-15,17H,6-7H2,1-5H3,(H2,27,28,30). The predicted octanol–water partition coefficient (Wildman–Crippen LogP) is 7.37. The Bertz CT molecular complexity index is 1090. The van der Waals surface area contributed by atoms with Gasteiger partial charge in [-0.3, -0.25) is 5.32 Å². The van der Waals surface area contributed by atoms with Crippen LogP contribution in [0.2, 0.25) is 0 Å². The molecule has 2 amide bonds. The number of urea groups is 1. The molecule has 0 aliphatic carbocycles. The molecule has 32 heavy (non-hydrogen) atoms. The van der Waals surface area contributed by atoms with E-state index in [0.29, 0.717) is 22.2 Å². The van der Waals surface area contributed by atoms with Gasteiger partial charge in [0.25, 0.3) is 0 Å². The minimum atomic E-state index is -0.441. The summed E-state index contributed by atoms with van der Waals surface area (Å²) in [5, 5.41) is 6.14. The minimum Gasteiger partial charge on any atom is -0.462 e. The van der Waals surface area contributed by atoms with E-state index >= 15 is 0 Å². The summed E-state index contributed by atoms with van der Waals surface area (Å²) in [6.07, 6.45) is 1.06. The van der Waals surface area contributed by atoms with Gasteiger partial charge in [-0.25, -0.2) is 9.59 Å². The van der Waals surface area contributed by atoms with E-state index in [4.69, 9.17) is 4.74 Å². The average molecular weight is 451 g/mol. The number of anilines is 2. The first-order valence-corrected chi connectivity index (χ1v) is 11.7. The summed E-state index contributed by atoms with van der Waals surface area (Å²) in [6, 6.07) is 15.4. The SMILES string of the molecule is CCOC(=O)c1c(NC(=O)Nc2ccc(C)cc2)sc(C)c1-c1ccc(C(C)CC)cc1. The maximum atomic E-state index is 12.9. The highest BCUT2D eigenvalue weighted by atomic mass is 32.1. The van der Waals surface area contributed by atoms with Crippen LogP contribution in [0.3, 0.4) is 0 Å². The van der Waals surface area contributed by atoms with Gasteiger partial charge in [0.1, 0.15) is 10.6 Å². The van der Waals surface area contributed by atoms with E-state index in [9.17, 15) is 9.59 Å². The van der Waals surface area contributed by atoms with Gasteiger partial charge in [0, 0.05) is 16.1 Å². The van der Waals surface area contributed by atoms with Crippen molar-refractivity contribution in [1.82, 2.24) is 0 Å². The Labute approximate surface area is 193 Å². The third kappa shape index (κ3) is 5.37. The van der Waals surface area contributed by atoms with Crippen LogP contribution in [0.1, 0.15) is 59.5 Å². The second-order valence-electron chi connectivity index (χ2n) is 7.83. The van der Waals surface area contributed by atoms with Crippen molar-refractivity contribution < 1.29 is 14.3 Å². The zero-order valence-corrected chi connectivity index (χ0v) is 20.1. The molecular weight excluding hydrogens is 420 g/mol. The Hall–Kier alpha value is -3.12. The quantitative estimate of drug-likeness (QED) is 0.369. The number of esters is 1. The van der Waals surface area contributed by atoms with Crippen molar-refractivity contribution >= 4 is 34.0 Å². The first-order chi connectivity index (χ1) is 15.3. The summed E-state index contributed by atoms with van der Waals surface area (Å²) < 4.78 is 5.33. The average Bonchev–Trinajstić information content (AvgIpc) is 3.10. The molecule has 3 rings (SSSR count).